The lowest BCUT2D eigenvalue weighted by atomic mass is 10.3. The maximum absolute atomic E-state index is 11.8. The number of nitrogens with zero attached hydrogens (tertiary/aromatic N) is 2. The molecule has 0 saturated heterocycles. The number of nitrogens with one attached hydrogen (secondary N) is 1. The Morgan fingerprint density at radius 1 is 1.06 bits per heavy atom. The van der Waals surface area contributed by atoms with Gasteiger partial charge < -0.3 is 15.1 Å². The fourth-order valence-electron chi connectivity index (χ4n) is 1.53. The summed E-state index contributed by atoms with van der Waals surface area (Å²) in [6.07, 6.45) is 0.440. The molecule has 0 saturated carbocycles. The Balaban J connectivity index is 4.02. The van der Waals surface area contributed by atoms with E-state index in [2.05, 4.69) is 5.32 Å². The van der Waals surface area contributed by atoms with E-state index in [1.807, 2.05) is 20.8 Å². The largest absolute Gasteiger partial charge is 0.342 e. The van der Waals surface area contributed by atoms with Crippen LogP contribution in [0.5, 0.6) is 0 Å². The molecule has 5 nitrogen and oxygen atoms in total. The molecule has 0 fully saturated rings. The molecular weight excluding hydrogens is 218 g/mol. The van der Waals surface area contributed by atoms with Gasteiger partial charge in [0.2, 0.25) is 11.8 Å². The lowest BCUT2D eigenvalue weighted by molar-refractivity contribution is -0.139. The van der Waals surface area contributed by atoms with Gasteiger partial charge in [0.25, 0.3) is 0 Å². The van der Waals surface area contributed by atoms with Crippen LogP contribution in [0.1, 0.15) is 27.2 Å². The predicted octanol–water partition coefficient (Wildman–Crippen LogP) is 0.313. The monoisotopic (exact) mass is 243 g/mol. The highest BCUT2D eigenvalue weighted by Crippen LogP contribution is 1.95. The number of hydrogen-bond donors (Lipinski definition) is 1. The second kappa shape index (κ2) is 8.98. The second-order valence-corrected chi connectivity index (χ2v) is 3.92. The average Bonchev–Trinajstić information content (AvgIpc) is 2.30. The van der Waals surface area contributed by atoms with E-state index in [0.29, 0.717) is 26.1 Å². The highest BCUT2D eigenvalue weighted by Gasteiger charge is 2.15. The number of likely N-dealkylation sites (N-methyl/N-ethyl adjacent to an activating group) is 2. The predicted molar refractivity (Wildman–Crippen MR) is 68.7 cm³/mol. The minimum atomic E-state index is 0.00598. The third-order valence-electron chi connectivity index (χ3n) is 2.68. The molecule has 0 aromatic carbocycles. The summed E-state index contributed by atoms with van der Waals surface area (Å²) in [6, 6.07) is 0. The quantitative estimate of drug-likeness (QED) is 0.624. The molecule has 0 aromatic heterocycles. The van der Waals surface area contributed by atoms with Crippen molar-refractivity contribution < 1.29 is 9.59 Å². The fourth-order valence-corrected chi connectivity index (χ4v) is 1.53. The van der Waals surface area contributed by atoms with Crippen LogP contribution in [0.4, 0.5) is 0 Å². The SMILES string of the molecule is CCNCCC(=O)N(C)CC(=O)N(CC)CC. The van der Waals surface area contributed by atoms with Crippen molar-refractivity contribution in [2.45, 2.75) is 27.2 Å². The van der Waals surface area contributed by atoms with Crippen molar-refractivity contribution in [3.8, 4) is 0 Å². The van der Waals surface area contributed by atoms with E-state index in [1.165, 1.54) is 4.90 Å². The van der Waals surface area contributed by atoms with Gasteiger partial charge in [0.05, 0.1) is 6.54 Å². The van der Waals surface area contributed by atoms with Gasteiger partial charge in [-0.05, 0) is 20.4 Å². The summed E-state index contributed by atoms with van der Waals surface area (Å²) in [4.78, 5) is 26.7. The molecule has 0 spiro atoms. The minimum absolute atomic E-state index is 0.00598. The third kappa shape index (κ3) is 6.26. The Morgan fingerprint density at radius 2 is 1.65 bits per heavy atom. The van der Waals surface area contributed by atoms with Crippen molar-refractivity contribution in [1.29, 1.82) is 0 Å². The molecule has 0 bridgehead atoms. The molecule has 100 valence electrons. The average molecular weight is 243 g/mol. The van der Waals surface area contributed by atoms with Gasteiger partial charge in [0, 0.05) is 33.1 Å². The lowest BCUT2D eigenvalue weighted by Crippen LogP contribution is -2.41. The van der Waals surface area contributed by atoms with Gasteiger partial charge in [-0.3, -0.25) is 9.59 Å². The Labute approximate surface area is 104 Å². The second-order valence-electron chi connectivity index (χ2n) is 3.92. The van der Waals surface area contributed by atoms with Crippen molar-refractivity contribution in [3.63, 3.8) is 0 Å². The van der Waals surface area contributed by atoms with E-state index < -0.39 is 0 Å². The molecule has 0 aromatic rings. The number of rotatable bonds is 8. The highest BCUT2D eigenvalue weighted by atomic mass is 16.2. The maximum Gasteiger partial charge on any atom is 0.242 e. The van der Waals surface area contributed by atoms with E-state index in [4.69, 9.17) is 0 Å². The van der Waals surface area contributed by atoms with Gasteiger partial charge in [-0.1, -0.05) is 6.92 Å². The number of amides is 2. The molecule has 0 atom stereocenters. The van der Waals surface area contributed by atoms with E-state index >= 15 is 0 Å². The maximum atomic E-state index is 11.8. The minimum Gasteiger partial charge on any atom is -0.342 e. The Kier molecular flexibility index (Phi) is 8.40. The van der Waals surface area contributed by atoms with Crippen molar-refractivity contribution in [2.75, 3.05) is 39.8 Å². The molecule has 0 radical (unpaired) electrons. The lowest BCUT2D eigenvalue weighted by Gasteiger charge is -2.23. The molecule has 0 rings (SSSR count). The zero-order chi connectivity index (χ0) is 13.3. The van der Waals surface area contributed by atoms with E-state index in [9.17, 15) is 9.59 Å². The van der Waals surface area contributed by atoms with Crippen LogP contribution in [0, 0.1) is 0 Å². The first-order chi connectivity index (χ1) is 8.06. The van der Waals surface area contributed by atoms with Crippen molar-refractivity contribution in [1.82, 2.24) is 15.1 Å². The van der Waals surface area contributed by atoms with Gasteiger partial charge >= 0.3 is 0 Å². The Morgan fingerprint density at radius 3 is 2.12 bits per heavy atom. The smallest absolute Gasteiger partial charge is 0.242 e. The van der Waals surface area contributed by atoms with Crippen LogP contribution in [-0.2, 0) is 9.59 Å². The van der Waals surface area contributed by atoms with Gasteiger partial charge in [-0.2, -0.15) is 0 Å². The van der Waals surface area contributed by atoms with Crippen LogP contribution in [0.2, 0.25) is 0 Å². The summed E-state index contributed by atoms with van der Waals surface area (Å²) < 4.78 is 0. The molecule has 2 amide bonds. The summed E-state index contributed by atoms with van der Waals surface area (Å²) in [5.74, 6) is 0.0146. The number of hydrogen-bond acceptors (Lipinski definition) is 3. The van der Waals surface area contributed by atoms with Crippen LogP contribution in [-0.4, -0.2) is 61.4 Å². The molecule has 0 aliphatic rings. The summed E-state index contributed by atoms with van der Waals surface area (Å²) >= 11 is 0. The Hall–Kier alpha value is -1.10. The third-order valence-corrected chi connectivity index (χ3v) is 2.68. The van der Waals surface area contributed by atoms with Crippen molar-refractivity contribution in [2.24, 2.45) is 0 Å². The highest BCUT2D eigenvalue weighted by molar-refractivity contribution is 5.84. The van der Waals surface area contributed by atoms with Gasteiger partial charge in [-0.25, -0.2) is 0 Å². The molecule has 1 N–H and O–H groups in total. The Bertz CT molecular complexity index is 240. The van der Waals surface area contributed by atoms with Gasteiger partial charge in [0.1, 0.15) is 0 Å². The van der Waals surface area contributed by atoms with Crippen LogP contribution >= 0.6 is 0 Å². The van der Waals surface area contributed by atoms with E-state index in [-0.39, 0.29) is 18.4 Å². The summed E-state index contributed by atoms with van der Waals surface area (Å²) in [5, 5.41) is 3.09. The molecule has 0 aliphatic heterocycles. The summed E-state index contributed by atoms with van der Waals surface area (Å²) in [6.45, 7) is 8.95. The van der Waals surface area contributed by atoms with E-state index in [1.54, 1.807) is 11.9 Å². The normalized spacial score (nSPS) is 10.1. The zero-order valence-corrected chi connectivity index (χ0v) is 11.5. The molecule has 0 unspecified atom stereocenters. The topological polar surface area (TPSA) is 52.7 Å². The molecular formula is C12H25N3O2. The molecule has 17 heavy (non-hydrogen) atoms. The van der Waals surface area contributed by atoms with Gasteiger partial charge in [0.15, 0.2) is 0 Å². The van der Waals surface area contributed by atoms with Crippen molar-refractivity contribution in [3.05, 3.63) is 0 Å². The molecule has 0 heterocycles. The zero-order valence-electron chi connectivity index (χ0n) is 11.5. The van der Waals surface area contributed by atoms with Crippen molar-refractivity contribution >= 4 is 11.8 Å². The summed E-state index contributed by atoms with van der Waals surface area (Å²) in [5.41, 5.74) is 0. The number of carbonyl (C=O) groups excluding carboxylic acids is 2. The van der Waals surface area contributed by atoms with Crippen LogP contribution in [0.25, 0.3) is 0 Å². The fraction of sp³-hybridized carbons (Fsp3) is 0.833. The van der Waals surface area contributed by atoms with Gasteiger partial charge in [-0.15, -0.1) is 0 Å². The molecule has 5 heteroatoms. The van der Waals surface area contributed by atoms with Crippen LogP contribution in [0.15, 0.2) is 0 Å². The first-order valence-electron chi connectivity index (χ1n) is 6.29. The van der Waals surface area contributed by atoms with Crippen LogP contribution in [0.3, 0.4) is 0 Å². The first-order valence-corrected chi connectivity index (χ1v) is 6.29. The molecule has 0 aliphatic carbocycles. The summed E-state index contributed by atoms with van der Waals surface area (Å²) in [7, 11) is 1.68. The first kappa shape index (κ1) is 15.9. The standard InChI is InChI=1S/C12H25N3O2/c1-5-13-9-8-11(16)14(4)10-12(17)15(6-2)7-3/h13H,5-10H2,1-4H3. The van der Waals surface area contributed by atoms with E-state index in [0.717, 1.165) is 6.54 Å². The number of carbonyl (C=O) groups is 2. The van der Waals surface area contributed by atoms with Crippen LogP contribution < -0.4 is 5.32 Å².